The van der Waals surface area contributed by atoms with Crippen LogP contribution in [0.5, 0.6) is 0 Å². The fourth-order valence-electron chi connectivity index (χ4n) is 2.57. The zero-order valence-electron chi connectivity index (χ0n) is 11.1. The van der Waals surface area contributed by atoms with Crippen molar-refractivity contribution in [3.05, 3.63) is 35.6 Å². The molecule has 5 heteroatoms. The van der Waals surface area contributed by atoms with Gasteiger partial charge in [0.2, 0.25) is 0 Å². The minimum absolute atomic E-state index is 0.103. The summed E-state index contributed by atoms with van der Waals surface area (Å²) in [5.74, 6) is -0.658. The Labute approximate surface area is 111 Å². The summed E-state index contributed by atoms with van der Waals surface area (Å²) in [6.45, 7) is 3.82. The second-order valence-corrected chi connectivity index (χ2v) is 4.68. The fraction of sp³-hybridized carbons (Fsp3) is 0.429. The van der Waals surface area contributed by atoms with Crippen LogP contribution in [0.1, 0.15) is 32.3 Å². The Kier molecular flexibility index (Phi) is 3.55. The lowest BCUT2D eigenvalue weighted by molar-refractivity contribution is -0.127. The van der Waals surface area contributed by atoms with Crippen LogP contribution < -0.4 is 5.32 Å². The van der Waals surface area contributed by atoms with Gasteiger partial charge >= 0.3 is 6.03 Å². The maximum atomic E-state index is 13.7. The number of hydrogen-bond acceptors (Lipinski definition) is 2. The summed E-state index contributed by atoms with van der Waals surface area (Å²) in [6.07, 6.45) is 1.02. The Balaban J connectivity index is 2.34. The summed E-state index contributed by atoms with van der Waals surface area (Å²) in [6, 6.07) is 5.85. The average molecular weight is 264 g/mol. The number of carbonyl (C=O) groups is 2. The SMILES string of the molecule is CCC1(CC)C(=O)NC(=O)N1Cc1ccccc1F. The molecule has 1 fully saturated rings. The molecule has 102 valence electrons. The number of nitrogens with zero attached hydrogens (tertiary/aromatic N) is 1. The summed E-state index contributed by atoms with van der Waals surface area (Å²) in [5.41, 5.74) is -0.446. The summed E-state index contributed by atoms with van der Waals surface area (Å²) in [5, 5.41) is 2.32. The Morgan fingerprint density at radius 2 is 1.84 bits per heavy atom. The first-order valence-electron chi connectivity index (χ1n) is 6.41. The van der Waals surface area contributed by atoms with E-state index in [2.05, 4.69) is 5.32 Å². The van der Waals surface area contributed by atoms with Crippen molar-refractivity contribution >= 4 is 11.9 Å². The van der Waals surface area contributed by atoms with Crippen LogP contribution in [0.15, 0.2) is 24.3 Å². The Hall–Kier alpha value is -1.91. The van der Waals surface area contributed by atoms with Gasteiger partial charge in [0.05, 0.1) is 6.54 Å². The van der Waals surface area contributed by atoms with E-state index in [9.17, 15) is 14.0 Å². The maximum absolute atomic E-state index is 13.7. The van der Waals surface area contributed by atoms with Gasteiger partial charge in [-0.05, 0) is 18.9 Å². The molecule has 0 aromatic heterocycles. The molecule has 0 atom stereocenters. The molecule has 0 radical (unpaired) electrons. The van der Waals surface area contributed by atoms with E-state index in [0.717, 1.165) is 0 Å². The van der Waals surface area contributed by atoms with E-state index in [1.165, 1.54) is 11.0 Å². The highest BCUT2D eigenvalue weighted by Crippen LogP contribution is 2.31. The molecule has 1 aromatic rings. The molecule has 1 N–H and O–H groups in total. The predicted octanol–water partition coefficient (Wildman–Crippen LogP) is 2.44. The molecule has 1 aliphatic rings. The lowest BCUT2D eigenvalue weighted by Crippen LogP contribution is -2.48. The Bertz CT molecular complexity index is 512. The summed E-state index contributed by atoms with van der Waals surface area (Å²) in [7, 11) is 0. The number of amides is 3. The van der Waals surface area contributed by atoms with E-state index < -0.39 is 11.6 Å². The second-order valence-electron chi connectivity index (χ2n) is 4.68. The van der Waals surface area contributed by atoms with Crippen molar-refractivity contribution in [1.29, 1.82) is 0 Å². The lowest BCUT2D eigenvalue weighted by atomic mass is 9.91. The van der Waals surface area contributed by atoms with Gasteiger partial charge in [-0.1, -0.05) is 32.0 Å². The lowest BCUT2D eigenvalue weighted by Gasteiger charge is -2.33. The van der Waals surface area contributed by atoms with Crippen molar-refractivity contribution < 1.29 is 14.0 Å². The topological polar surface area (TPSA) is 49.4 Å². The van der Waals surface area contributed by atoms with Gasteiger partial charge in [-0.2, -0.15) is 0 Å². The van der Waals surface area contributed by atoms with Crippen molar-refractivity contribution in [2.75, 3.05) is 0 Å². The van der Waals surface area contributed by atoms with E-state index in [0.29, 0.717) is 18.4 Å². The number of hydrogen-bond donors (Lipinski definition) is 1. The highest BCUT2D eigenvalue weighted by atomic mass is 19.1. The number of benzene rings is 1. The molecule has 0 bridgehead atoms. The first-order valence-corrected chi connectivity index (χ1v) is 6.41. The molecule has 19 heavy (non-hydrogen) atoms. The number of rotatable bonds is 4. The van der Waals surface area contributed by atoms with E-state index in [-0.39, 0.29) is 18.3 Å². The van der Waals surface area contributed by atoms with E-state index >= 15 is 0 Å². The van der Waals surface area contributed by atoms with E-state index in [1.807, 2.05) is 13.8 Å². The minimum atomic E-state index is -0.862. The van der Waals surface area contributed by atoms with Crippen LogP contribution >= 0.6 is 0 Å². The highest BCUT2D eigenvalue weighted by Gasteiger charge is 2.50. The van der Waals surface area contributed by atoms with Gasteiger partial charge in [-0.3, -0.25) is 10.1 Å². The average Bonchev–Trinajstić information content (AvgIpc) is 2.64. The smallest absolute Gasteiger partial charge is 0.305 e. The molecule has 0 spiro atoms. The van der Waals surface area contributed by atoms with Gasteiger partial charge in [0.25, 0.3) is 5.91 Å². The van der Waals surface area contributed by atoms with Gasteiger partial charge < -0.3 is 4.90 Å². The number of urea groups is 1. The third-order valence-corrected chi connectivity index (χ3v) is 3.86. The fourth-order valence-corrected chi connectivity index (χ4v) is 2.57. The molecular formula is C14H17FN2O2. The molecule has 1 aromatic carbocycles. The third-order valence-electron chi connectivity index (χ3n) is 3.86. The molecule has 0 aliphatic carbocycles. The van der Waals surface area contributed by atoms with Crippen molar-refractivity contribution in [3.8, 4) is 0 Å². The summed E-state index contributed by atoms with van der Waals surface area (Å²) >= 11 is 0. The van der Waals surface area contributed by atoms with Crippen LogP contribution in [0.2, 0.25) is 0 Å². The van der Waals surface area contributed by atoms with Crippen LogP contribution in [-0.4, -0.2) is 22.4 Å². The molecule has 1 saturated heterocycles. The molecule has 4 nitrogen and oxygen atoms in total. The maximum Gasteiger partial charge on any atom is 0.325 e. The van der Waals surface area contributed by atoms with Gasteiger partial charge in [-0.15, -0.1) is 0 Å². The normalized spacial score (nSPS) is 17.7. The molecule has 3 amide bonds. The predicted molar refractivity (Wildman–Crippen MR) is 68.8 cm³/mol. The molecule has 1 heterocycles. The number of halogens is 1. The summed E-state index contributed by atoms with van der Waals surface area (Å²) < 4.78 is 13.7. The van der Waals surface area contributed by atoms with Crippen molar-refractivity contribution in [3.63, 3.8) is 0 Å². The van der Waals surface area contributed by atoms with Crippen molar-refractivity contribution in [1.82, 2.24) is 10.2 Å². The van der Waals surface area contributed by atoms with Crippen molar-refractivity contribution in [2.45, 2.75) is 38.8 Å². The van der Waals surface area contributed by atoms with Crippen LogP contribution in [0.3, 0.4) is 0 Å². The van der Waals surface area contributed by atoms with E-state index in [1.54, 1.807) is 18.2 Å². The quantitative estimate of drug-likeness (QED) is 0.849. The number of imide groups is 1. The Morgan fingerprint density at radius 1 is 1.21 bits per heavy atom. The number of carbonyl (C=O) groups excluding carboxylic acids is 2. The number of nitrogens with one attached hydrogen (secondary N) is 1. The molecule has 2 rings (SSSR count). The van der Waals surface area contributed by atoms with E-state index in [4.69, 9.17) is 0 Å². The first-order chi connectivity index (χ1) is 9.05. The van der Waals surface area contributed by atoms with Gasteiger partial charge in [-0.25, -0.2) is 9.18 Å². The van der Waals surface area contributed by atoms with Gasteiger partial charge in [0, 0.05) is 5.56 Å². The molecule has 0 unspecified atom stereocenters. The largest absolute Gasteiger partial charge is 0.325 e. The standard InChI is InChI=1S/C14H17FN2O2/c1-3-14(4-2)12(18)16-13(19)17(14)9-10-7-5-6-8-11(10)15/h5-8H,3-4,9H2,1-2H3,(H,16,18,19). The van der Waals surface area contributed by atoms with Crippen LogP contribution in [0, 0.1) is 5.82 Å². The minimum Gasteiger partial charge on any atom is -0.305 e. The van der Waals surface area contributed by atoms with Crippen LogP contribution in [0.4, 0.5) is 9.18 Å². The summed E-state index contributed by atoms with van der Waals surface area (Å²) in [4.78, 5) is 25.3. The molecular weight excluding hydrogens is 247 g/mol. The Morgan fingerprint density at radius 3 is 2.42 bits per heavy atom. The third kappa shape index (κ3) is 2.09. The molecule has 1 aliphatic heterocycles. The zero-order valence-corrected chi connectivity index (χ0v) is 11.1. The zero-order chi connectivity index (χ0) is 14.0. The highest BCUT2D eigenvalue weighted by molar-refractivity contribution is 6.06. The van der Waals surface area contributed by atoms with Gasteiger partial charge in [0.15, 0.2) is 0 Å². The van der Waals surface area contributed by atoms with Crippen LogP contribution in [0.25, 0.3) is 0 Å². The van der Waals surface area contributed by atoms with Crippen molar-refractivity contribution in [2.24, 2.45) is 0 Å². The van der Waals surface area contributed by atoms with Crippen LogP contribution in [-0.2, 0) is 11.3 Å². The first kappa shape index (κ1) is 13.5. The van der Waals surface area contributed by atoms with Gasteiger partial charge in [0.1, 0.15) is 11.4 Å². The second kappa shape index (κ2) is 4.99. The molecule has 0 saturated carbocycles. The monoisotopic (exact) mass is 264 g/mol.